The molecule has 4 nitrogen and oxygen atoms in total. The average Bonchev–Trinajstić information content (AvgIpc) is 2.89. The fourth-order valence-electron chi connectivity index (χ4n) is 2.33. The Morgan fingerprint density at radius 3 is 2.86 bits per heavy atom. The number of aryl methyl sites for hydroxylation is 2. The number of nitrogens with one attached hydrogen (secondary N) is 2. The van der Waals surface area contributed by atoms with Crippen molar-refractivity contribution in [3.63, 3.8) is 0 Å². The Labute approximate surface area is 128 Å². The zero-order valence-corrected chi connectivity index (χ0v) is 12.9. The van der Waals surface area contributed by atoms with Gasteiger partial charge < -0.3 is 14.7 Å². The number of aromatic nitrogens is 2. The van der Waals surface area contributed by atoms with Crippen molar-refractivity contribution in [1.82, 2.24) is 9.97 Å². The highest BCUT2D eigenvalue weighted by Crippen LogP contribution is 2.19. The second-order valence-electron chi connectivity index (χ2n) is 4.97. The van der Waals surface area contributed by atoms with Crippen LogP contribution >= 0.6 is 12.2 Å². The largest absolute Gasteiger partial charge is 0.424 e. The minimum absolute atomic E-state index is 0.518. The molecular weight excluding hydrogens is 282 g/mol. The van der Waals surface area contributed by atoms with E-state index in [2.05, 4.69) is 28.3 Å². The predicted octanol–water partition coefficient (Wildman–Crippen LogP) is 4.37. The normalized spacial score (nSPS) is 11.0. The molecule has 0 spiro atoms. The van der Waals surface area contributed by atoms with Crippen LogP contribution < -0.4 is 5.32 Å². The van der Waals surface area contributed by atoms with Gasteiger partial charge in [-0.2, -0.15) is 4.98 Å². The van der Waals surface area contributed by atoms with Crippen LogP contribution in [0, 0.1) is 11.6 Å². The maximum atomic E-state index is 5.64. The van der Waals surface area contributed by atoms with E-state index in [9.17, 15) is 0 Å². The summed E-state index contributed by atoms with van der Waals surface area (Å²) in [6, 6.07) is 10.4. The van der Waals surface area contributed by atoms with Gasteiger partial charge in [-0.05, 0) is 37.1 Å². The lowest BCUT2D eigenvalue weighted by Crippen LogP contribution is -2.03. The van der Waals surface area contributed by atoms with Gasteiger partial charge in [0.2, 0.25) is 0 Å². The number of pyridine rings is 1. The van der Waals surface area contributed by atoms with E-state index in [1.54, 1.807) is 0 Å². The molecule has 0 fully saturated rings. The molecule has 0 unspecified atom stereocenters. The van der Waals surface area contributed by atoms with E-state index in [-0.39, 0.29) is 0 Å². The summed E-state index contributed by atoms with van der Waals surface area (Å²) in [4.78, 5) is 7.64. The fourth-order valence-corrected chi connectivity index (χ4v) is 2.62. The van der Waals surface area contributed by atoms with Crippen molar-refractivity contribution < 1.29 is 4.42 Å². The summed E-state index contributed by atoms with van der Waals surface area (Å²) in [6.45, 7) is 4.78. The van der Waals surface area contributed by atoms with Crippen LogP contribution in [0.1, 0.15) is 23.7 Å². The van der Waals surface area contributed by atoms with E-state index in [1.807, 2.05) is 31.2 Å². The van der Waals surface area contributed by atoms with Crippen LogP contribution in [0.25, 0.3) is 11.1 Å². The van der Waals surface area contributed by atoms with Crippen LogP contribution in [-0.4, -0.2) is 9.97 Å². The molecule has 1 aromatic carbocycles. The van der Waals surface area contributed by atoms with E-state index >= 15 is 0 Å². The van der Waals surface area contributed by atoms with Gasteiger partial charge >= 0.3 is 0 Å². The SMILES string of the molecule is CCc1cc(CNc2nc3ccccc3o2)c(=S)[nH]c1C. The summed E-state index contributed by atoms with van der Waals surface area (Å²) < 4.78 is 6.40. The molecule has 3 rings (SSSR count). The Bertz CT molecular complexity index is 802. The molecule has 0 saturated heterocycles. The highest BCUT2D eigenvalue weighted by atomic mass is 32.1. The van der Waals surface area contributed by atoms with Gasteiger partial charge in [0.1, 0.15) is 10.2 Å². The molecule has 2 N–H and O–H groups in total. The summed E-state index contributed by atoms with van der Waals surface area (Å²) in [6.07, 6.45) is 0.980. The standard InChI is InChI=1S/C16H17N3OS/c1-3-11-8-12(15(21)18-10(11)2)9-17-16-19-13-6-4-5-7-14(13)20-16/h4-8H,3,9H2,1-2H3,(H,17,19)(H,18,21). The first kappa shape index (κ1) is 13.8. The first-order valence-electron chi connectivity index (χ1n) is 6.98. The van der Waals surface area contributed by atoms with Gasteiger partial charge in [-0.15, -0.1) is 0 Å². The lowest BCUT2D eigenvalue weighted by Gasteiger charge is -2.08. The summed E-state index contributed by atoms with van der Waals surface area (Å²) in [5.74, 6) is 0. The molecule has 0 saturated carbocycles. The number of benzene rings is 1. The highest BCUT2D eigenvalue weighted by molar-refractivity contribution is 7.71. The molecule has 3 aromatic rings. The Morgan fingerprint density at radius 1 is 1.29 bits per heavy atom. The maximum Gasteiger partial charge on any atom is 0.295 e. The molecule has 108 valence electrons. The van der Waals surface area contributed by atoms with Crippen molar-refractivity contribution in [2.75, 3.05) is 5.32 Å². The fraction of sp³-hybridized carbons (Fsp3) is 0.250. The number of nitrogens with zero attached hydrogens (tertiary/aromatic N) is 1. The Hall–Kier alpha value is -2.14. The third-order valence-electron chi connectivity index (χ3n) is 3.53. The number of hydrogen-bond acceptors (Lipinski definition) is 4. The Morgan fingerprint density at radius 2 is 2.10 bits per heavy atom. The van der Waals surface area contributed by atoms with Crippen molar-refractivity contribution >= 4 is 29.3 Å². The second kappa shape index (κ2) is 5.69. The molecule has 2 heterocycles. The quantitative estimate of drug-likeness (QED) is 0.702. The second-order valence-corrected chi connectivity index (χ2v) is 5.38. The summed E-state index contributed by atoms with van der Waals surface area (Å²) >= 11 is 5.38. The lowest BCUT2D eigenvalue weighted by atomic mass is 10.1. The van der Waals surface area contributed by atoms with Crippen molar-refractivity contribution in [2.24, 2.45) is 0 Å². The molecule has 0 aliphatic carbocycles. The minimum Gasteiger partial charge on any atom is -0.424 e. The number of oxazole rings is 1. The molecule has 0 aliphatic heterocycles. The van der Waals surface area contributed by atoms with E-state index < -0.39 is 0 Å². The molecule has 0 radical (unpaired) electrons. The van der Waals surface area contributed by atoms with Gasteiger partial charge in [0.25, 0.3) is 6.01 Å². The number of rotatable bonds is 4. The van der Waals surface area contributed by atoms with Crippen molar-refractivity contribution in [3.05, 3.63) is 51.8 Å². The number of para-hydroxylation sites is 2. The van der Waals surface area contributed by atoms with Crippen molar-refractivity contribution in [1.29, 1.82) is 0 Å². The van der Waals surface area contributed by atoms with E-state index in [4.69, 9.17) is 16.6 Å². The average molecular weight is 299 g/mol. The minimum atomic E-state index is 0.518. The van der Waals surface area contributed by atoms with Crippen molar-refractivity contribution in [2.45, 2.75) is 26.8 Å². The van der Waals surface area contributed by atoms with Gasteiger partial charge in [0, 0.05) is 17.8 Å². The van der Waals surface area contributed by atoms with Gasteiger partial charge in [-0.25, -0.2) is 0 Å². The van der Waals surface area contributed by atoms with Gasteiger partial charge in [0.05, 0.1) is 0 Å². The third kappa shape index (κ3) is 2.83. The molecule has 2 aromatic heterocycles. The number of anilines is 1. The molecule has 0 aliphatic rings. The van der Waals surface area contributed by atoms with Crippen LogP contribution in [0.5, 0.6) is 0 Å². The van der Waals surface area contributed by atoms with Gasteiger partial charge in [0.15, 0.2) is 5.58 Å². The number of aromatic amines is 1. The first-order valence-corrected chi connectivity index (χ1v) is 7.39. The summed E-state index contributed by atoms with van der Waals surface area (Å²) in [5, 5.41) is 3.20. The monoisotopic (exact) mass is 299 g/mol. The zero-order chi connectivity index (χ0) is 14.8. The highest BCUT2D eigenvalue weighted by Gasteiger charge is 2.06. The molecule has 0 amide bonds. The van der Waals surface area contributed by atoms with Crippen LogP contribution in [0.15, 0.2) is 34.7 Å². The Kier molecular flexibility index (Phi) is 3.75. The van der Waals surface area contributed by atoms with Crippen molar-refractivity contribution in [3.8, 4) is 0 Å². The molecule has 21 heavy (non-hydrogen) atoms. The van der Waals surface area contributed by atoms with Crippen LogP contribution in [0.3, 0.4) is 0 Å². The summed E-state index contributed by atoms with van der Waals surface area (Å²) in [7, 11) is 0. The number of H-pyrrole nitrogens is 1. The van der Waals surface area contributed by atoms with E-state index in [0.717, 1.165) is 33.4 Å². The number of fused-ring (bicyclic) bond motifs is 1. The topological polar surface area (TPSA) is 53.9 Å². The maximum absolute atomic E-state index is 5.64. The van der Waals surface area contributed by atoms with Crippen LogP contribution in [-0.2, 0) is 13.0 Å². The molecule has 0 bridgehead atoms. The van der Waals surface area contributed by atoms with Gasteiger partial charge in [-0.3, -0.25) is 0 Å². The first-order chi connectivity index (χ1) is 10.2. The van der Waals surface area contributed by atoms with Crippen LogP contribution in [0.2, 0.25) is 0 Å². The zero-order valence-electron chi connectivity index (χ0n) is 12.1. The lowest BCUT2D eigenvalue weighted by molar-refractivity contribution is 0.614. The molecule has 5 heteroatoms. The number of hydrogen-bond donors (Lipinski definition) is 2. The predicted molar refractivity (Wildman–Crippen MR) is 87.1 cm³/mol. The van der Waals surface area contributed by atoms with E-state index in [0.29, 0.717) is 12.6 Å². The molecule has 0 atom stereocenters. The third-order valence-corrected chi connectivity index (χ3v) is 3.89. The smallest absolute Gasteiger partial charge is 0.295 e. The van der Waals surface area contributed by atoms with E-state index in [1.165, 1.54) is 5.56 Å². The van der Waals surface area contributed by atoms with Crippen LogP contribution in [0.4, 0.5) is 6.01 Å². The Balaban J connectivity index is 1.82. The molecular formula is C16H17N3OS. The van der Waals surface area contributed by atoms with Gasteiger partial charge in [-0.1, -0.05) is 31.3 Å². The summed E-state index contributed by atoms with van der Waals surface area (Å²) in [5.41, 5.74) is 5.09.